The topological polar surface area (TPSA) is 95.0 Å². The second-order valence-electron chi connectivity index (χ2n) is 8.95. The molecule has 0 bridgehead atoms. The maximum absolute atomic E-state index is 13.3. The number of rotatable bonds is 4. The van der Waals surface area contributed by atoms with Crippen molar-refractivity contribution in [3.8, 4) is 11.8 Å². The van der Waals surface area contributed by atoms with Crippen molar-refractivity contribution < 1.29 is 14.6 Å². The molecule has 2 aromatic heterocycles. The van der Waals surface area contributed by atoms with Gasteiger partial charge in [0.1, 0.15) is 5.82 Å². The summed E-state index contributed by atoms with van der Waals surface area (Å²) in [5.41, 5.74) is 2.97. The molecule has 162 valence electrons. The van der Waals surface area contributed by atoms with Crippen LogP contribution in [0.25, 0.3) is 11.8 Å². The van der Waals surface area contributed by atoms with Gasteiger partial charge in [-0.05, 0) is 67.3 Å². The zero-order valence-electron chi connectivity index (χ0n) is 17.7. The monoisotopic (exact) mass is 430 g/mol. The molecule has 0 radical (unpaired) electrons. The first-order chi connectivity index (χ1) is 15.3. The second-order valence-corrected chi connectivity index (χ2v) is 8.95. The molecule has 1 unspecified atom stereocenters. The summed E-state index contributed by atoms with van der Waals surface area (Å²) in [6.07, 6.45) is 6.34. The van der Waals surface area contributed by atoms with Crippen molar-refractivity contribution in [3.05, 3.63) is 82.7 Å². The Morgan fingerprint density at radius 3 is 2.81 bits per heavy atom. The average molecular weight is 430 g/mol. The van der Waals surface area contributed by atoms with E-state index in [9.17, 15) is 14.6 Å². The van der Waals surface area contributed by atoms with Gasteiger partial charge in [0, 0.05) is 18.0 Å². The van der Waals surface area contributed by atoms with Crippen LogP contribution in [0.3, 0.4) is 0 Å². The molecule has 2 aliphatic carbocycles. The summed E-state index contributed by atoms with van der Waals surface area (Å²) >= 11 is 0. The standard InChI is InChI=1S/C25H23FN4O2/c1-24-12-17-15-29-30(20-4-2-19(26)3-5-20)22(17)11-18(24)6-8-25(24,32)13-23(31)21-10-16(14-27)7-9-28-21/h2-5,7,9-11,15,23,31-32H,6,8,12-13H2,1H3/t23?,24-,25+/m0/s1. The van der Waals surface area contributed by atoms with Crippen LogP contribution in [0.2, 0.25) is 0 Å². The van der Waals surface area contributed by atoms with Gasteiger partial charge in [0.25, 0.3) is 0 Å². The van der Waals surface area contributed by atoms with Crippen LogP contribution in [0.5, 0.6) is 0 Å². The van der Waals surface area contributed by atoms with Crippen LogP contribution in [0.4, 0.5) is 4.39 Å². The molecule has 0 saturated heterocycles. The third-order valence-electron chi connectivity index (χ3n) is 7.14. The van der Waals surface area contributed by atoms with E-state index < -0.39 is 17.1 Å². The number of pyridine rings is 1. The Bertz CT molecular complexity index is 1260. The van der Waals surface area contributed by atoms with Gasteiger partial charge in [-0.3, -0.25) is 4.98 Å². The highest BCUT2D eigenvalue weighted by Gasteiger charge is 2.55. The third-order valence-corrected chi connectivity index (χ3v) is 7.14. The van der Waals surface area contributed by atoms with Crippen molar-refractivity contribution in [2.75, 3.05) is 0 Å². The number of hydrogen-bond donors (Lipinski definition) is 2. The van der Waals surface area contributed by atoms with Gasteiger partial charge in [-0.1, -0.05) is 12.5 Å². The van der Waals surface area contributed by atoms with E-state index in [-0.39, 0.29) is 12.2 Å². The summed E-state index contributed by atoms with van der Waals surface area (Å²) in [6.45, 7) is 2.04. The van der Waals surface area contributed by atoms with Crippen LogP contribution in [0.1, 0.15) is 54.8 Å². The summed E-state index contributed by atoms with van der Waals surface area (Å²) in [6, 6.07) is 11.4. The van der Waals surface area contributed by atoms with Crippen LogP contribution in [-0.2, 0) is 6.42 Å². The molecule has 3 aromatic rings. The maximum atomic E-state index is 13.3. The van der Waals surface area contributed by atoms with Gasteiger partial charge in [0.05, 0.1) is 46.6 Å². The average Bonchev–Trinajstić information content (AvgIpc) is 3.30. The van der Waals surface area contributed by atoms with E-state index >= 15 is 0 Å². The molecule has 32 heavy (non-hydrogen) atoms. The molecule has 0 aliphatic heterocycles. The molecular weight excluding hydrogens is 407 g/mol. The summed E-state index contributed by atoms with van der Waals surface area (Å²) in [5, 5.41) is 36.2. The minimum Gasteiger partial charge on any atom is -0.389 e. The van der Waals surface area contributed by atoms with Gasteiger partial charge in [-0.15, -0.1) is 0 Å². The zero-order valence-corrected chi connectivity index (χ0v) is 17.7. The lowest BCUT2D eigenvalue weighted by Crippen LogP contribution is -2.46. The number of halogens is 1. The lowest BCUT2D eigenvalue weighted by molar-refractivity contribution is -0.0747. The smallest absolute Gasteiger partial charge is 0.123 e. The molecule has 1 saturated carbocycles. The number of hydrogen-bond acceptors (Lipinski definition) is 5. The minimum atomic E-state index is -1.13. The van der Waals surface area contributed by atoms with Gasteiger partial charge >= 0.3 is 0 Å². The number of aliphatic hydroxyl groups is 2. The molecule has 3 atom stereocenters. The second kappa shape index (κ2) is 7.37. The van der Waals surface area contributed by atoms with Gasteiger partial charge in [-0.2, -0.15) is 10.4 Å². The fourth-order valence-corrected chi connectivity index (χ4v) is 5.17. The van der Waals surface area contributed by atoms with Gasteiger partial charge in [-0.25, -0.2) is 9.07 Å². The Morgan fingerprint density at radius 2 is 2.06 bits per heavy atom. The molecule has 5 rings (SSSR count). The van der Waals surface area contributed by atoms with Crippen molar-refractivity contribution in [1.29, 1.82) is 5.26 Å². The van der Waals surface area contributed by atoms with Gasteiger partial charge in [0.15, 0.2) is 0 Å². The van der Waals surface area contributed by atoms with E-state index in [0.29, 0.717) is 30.5 Å². The highest BCUT2D eigenvalue weighted by atomic mass is 19.1. The highest BCUT2D eigenvalue weighted by Crippen LogP contribution is 2.57. The number of nitriles is 1. The van der Waals surface area contributed by atoms with E-state index in [1.54, 1.807) is 35.1 Å². The fourth-order valence-electron chi connectivity index (χ4n) is 5.17. The molecular formula is C25H23FN4O2. The van der Waals surface area contributed by atoms with E-state index in [4.69, 9.17) is 5.26 Å². The predicted molar refractivity (Wildman–Crippen MR) is 116 cm³/mol. The Kier molecular flexibility index (Phi) is 4.73. The summed E-state index contributed by atoms with van der Waals surface area (Å²) in [7, 11) is 0. The lowest BCUT2D eigenvalue weighted by Gasteiger charge is -2.43. The highest BCUT2D eigenvalue weighted by molar-refractivity contribution is 5.62. The third kappa shape index (κ3) is 3.15. The van der Waals surface area contributed by atoms with Crippen molar-refractivity contribution >= 4 is 6.08 Å². The molecule has 0 spiro atoms. The minimum absolute atomic E-state index is 0.129. The van der Waals surface area contributed by atoms with Crippen molar-refractivity contribution in [2.45, 2.75) is 44.3 Å². The number of fused-ring (bicyclic) bond motifs is 2. The first kappa shape index (κ1) is 20.6. The fraction of sp³-hybridized carbons (Fsp3) is 0.320. The quantitative estimate of drug-likeness (QED) is 0.655. The lowest BCUT2D eigenvalue weighted by atomic mass is 9.65. The van der Waals surface area contributed by atoms with Crippen LogP contribution in [0, 0.1) is 22.6 Å². The van der Waals surface area contributed by atoms with Gasteiger partial charge in [0.2, 0.25) is 0 Å². The van der Waals surface area contributed by atoms with E-state index in [0.717, 1.165) is 22.5 Å². The molecule has 2 N–H and O–H groups in total. The molecule has 6 nitrogen and oxygen atoms in total. The van der Waals surface area contributed by atoms with E-state index in [2.05, 4.69) is 22.2 Å². The summed E-state index contributed by atoms with van der Waals surface area (Å²) < 4.78 is 15.1. The zero-order chi connectivity index (χ0) is 22.5. The van der Waals surface area contributed by atoms with Crippen LogP contribution in [-0.4, -0.2) is 30.6 Å². The number of benzene rings is 1. The Balaban J connectivity index is 1.45. The predicted octanol–water partition coefficient (Wildman–Crippen LogP) is 3.87. The van der Waals surface area contributed by atoms with Gasteiger partial charge < -0.3 is 10.2 Å². The Morgan fingerprint density at radius 1 is 1.28 bits per heavy atom. The maximum Gasteiger partial charge on any atom is 0.123 e. The summed E-state index contributed by atoms with van der Waals surface area (Å²) in [4.78, 5) is 4.20. The van der Waals surface area contributed by atoms with Crippen LogP contribution < -0.4 is 0 Å². The van der Waals surface area contributed by atoms with Crippen molar-refractivity contribution in [1.82, 2.24) is 14.8 Å². The Labute approximate surface area is 185 Å². The Hall–Kier alpha value is -3.34. The molecule has 7 heteroatoms. The van der Waals surface area contributed by atoms with Crippen LogP contribution in [0.15, 0.2) is 54.4 Å². The normalized spacial score (nSPS) is 24.9. The van der Waals surface area contributed by atoms with Crippen molar-refractivity contribution in [3.63, 3.8) is 0 Å². The molecule has 1 aromatic carbocycles. The molecule has 2 heterocycles. The SMILES string of the molecule is C[C@]12Cc3cnn(-c4ccc(F)cc4)c3C=C1CC[C@@]2(O)CC(O)c1cc(C#N)ccn1. The van der Waals surface area contributed by atoms with E-state index in [1.807, 2.05) is 6.92 Å². The number of nitrogens with zero attached hydrogens (tertiary/aromatic N) is 4. The molecule has 2 aliphatic rings. The van der Waals surface area contributed by atoms with E-state index in [1.165, 1.54) is 18.3 Å². The summed E-state index contributed by atoms with van der Waals surface area (Å²) in [5.74, 6) is -0.296. The first-order valence-electron chi connectivity index (χ1n) is 10.6. The first-order valence-corrected chi connectivity index (χ1v) is 10.6. The van der Waals surface area contributed by atoms with Crippen LogP contribution >= 0.6 is 0 Å². The number of aliphatic hydroxyl groups excluding tert-OH is 1. The largest absolute Gasteiger partial charge is 0.389 e. The number of aromatic nitrogens is 3. The molecule has 0 amide bonds. The van der Waals surface area contributed by atoms with Crippen molar-refractivity contribution in [2.24, 2.45) is 5.41 Å². The molecule has 1 fully saturated rings.